The Morgan fingerprint density at radius 2 is 1.83 bits per heavy atom. The number of para-hydroxylation sites is 1. The number of aromatic nitrogens is 3. The zero-order valence-electron chi connectivity index (χ0n) is 17.1. The number of amides is 1. The van der Waals surface area contributed by atoms with Crippen LogP contribution in [0.2, 0.25) is 0 Å². The molecule has 0 radical (unpaired) electrons. The molecule has 1 atom stereocenters. The van der Waals surface area contributed by atoms with E-state index in [0.29, 0.717) is 23.2 Å². The SMILES string of the molecule is CCCCSc1nnc2c(n1)O[C@@H](c1ccccc1)N(C(=O)CC)c1ccccc1-2. The number of anilines is 1. The van der Waals surface area contributed by atoms with E-state index in [9.17, 15) is 4.79 Å². The first-order valence-corrected chi connectivity index (χ1v) is 11.2. The van der Waals surface area contributed by atoms with Crippen LogP contribution < -0.4 is 9.64 Å². The molecule has 0 N–H and O–H groups in total. The van der Waals surface area contributed by atoms with Gasteiger partial charge >= 0.3 is 0 Å². The van der Waals surface area contributed by atoms with Gasteiger partial charge in [0.2, 0.25) is 23.2 Å². The highest BCUT2D eigenvalue weighted by Crippen LogP contribution is 2.43. The normalized spacial score (nSPS) is 15.0. The number of benzene rings is 2. The first kappa shape index (κ1) is 20.3. The van der Waals surface area contributed by atoms with Crippen LogP contribution >= 0.6 is 11.8 Å². The van der Waals surface area contributed by atoms with Crippen LogP contribution in [0.1, 0.15) is 44.9 Å². The summed E-state index contributed by atoms with van der Waals surface area (Å²) in [6.45, 7) is 4.01. The van der Waals surface area contributed by atoms with Gasteiger partial charge in [0.25, 0.3) is 0 Å². The molecule has 0 spiro atoms. The Labute approximate surface area is 180 Å². The van der Waals surface area contributed by atoms with E-state index >= 15 is 0 Å². The Kier molecular flexibility index (Phi) is 6.28. The van der Waals surface area contributed by atoms with Crippen LogP contribution in [0.5, 0.6) is 5.88 Å². The average molecular weight is 421 g/mol. The summed E-state index contributed by atoms with van der Waals surface area (Å²) >= 11 is 1.57. The van der Waals surface area contributed by atoms with Crippen molar-refractivity contribution < 1.29 is 9.53 Å². The van der Waals surface area contributed by atoms with E-state index in [1.54, 1.807) is 16.7 Å². The molecule has 30 heavy (non-hydrogen) atoms. The molecule has 1 aromatic heterocycles. The van der Waals surface area contributed by atoms with Crippen LogP contribution in [0.15, 0.2) is 59.8 Å². The van der Waals surface area contributed by atoms with Gasteiger partial charge in [-0.1, -0.05) is 80.6 Å². The number of carbonyl (C=O) groups is 1. The molecule has 2 aromatic carbocycles. The molecular formula is C23H24N4O2S. The smallest absolute Gasteiger partial charge is 0.247 e. The number of rotatable bonds is 6. The molecule has 0 unspecified atom stereocenters. The molecule has 0 bridgehead atoms. The summed E-state index contributed by atoms with van der Waals surface area (Å²) < 4.78 is 6.39. The Balaban J connectivity index is 1.85. The molecular weight excluding hydrogens is 396 g/mol. The highest BCUT2D eigenvalue weighted by atomic mass is 32.2. The van der Waals surface area contributed by atoms with Crippen molar-refractivity contribution in [1.29, 1.82) is 0 Å². The van der Waals surface area contributed by atoms with Crippen LogP contribution in [0, 0.1) is 0 Å². The van der Waals surface area contributed by atoms with Crippen molar-refractivity contribution in [2.24, 2.45) is 0 Å². The molecule has 154 valence electrons. The second-order valence-electron chi connectivity index (χ2n) is 6.97. The average Bonchev–Trinajstić information content (AvgIpc) is 2.94. The standard InChI is InChI=1S/C23H24N4O2S/c1-3-5-15-30-23-24-21-20(25-26-23)17-13-9-10-14-18(17)27(19(28)4-2)22(29-21)16-11-7-6-8-12-16/h6-14,22H,3-5,15H2,1-2H3/t22-/m0/s1. The second kappa shape index (κ2) is 9.26. The maximum absolute atomic E-state index is 13.0. The van der Waals surface area contributed by atoms with Gasteiger partial charge in [-0.05, 0) is 12.5 Å². The zero-order valence-corrected chi connectivity index (χ0v) is 17.9. The summed E-state index contributed by atoms with van der Waals surface area (Å²) in [5.74, 6) is 1.29. The molecule has 6 nitrogen and oxygen atoms in total. The number of unbranched alkanes of at least 4 members (excludes halogenated alkanes) is 1. The van der Waals surface area contributed by atoms with Gasteiger partial charge < -0.3 is 4.74 Å². The van der Waals surface area contributed by atoms with Crippen LogP contribution in [-0.4, -0.2) is 26.8 Å². The van der Waals surface area contributed by atoms with Crippen LogP contribution in [0.25, 0.3) is 11.3 Å². The third kappa shape index (κ3) is 4.03. The van der Waals surface area contributed by atoms with Crippen LogP contribution in [0.3, 0.4) is 0 Å². The van der Waals surface area contributed by atoms with E-state index in [4.69, 9.17) is 4.74 Å². The Morgan fingerprint density at radius 1 is 1.07 bits per heavy atom. The second-order valence-corrected chi connectivity index (χ2v) is 8.03. The predicted molar refractivity (Wildman–Crippen MR) is 118 cm³/mol. The number of carbonyl (C=O) groups excluding carboxylic acids is 1. The van der Waals surface area contributed by atoms with E-state index in [1.165, 1.54) is 0 Å². The zero-order chi connectivity index (χ0) is 20.9. The monoisotopic (exact) mass is 420 g/mol. The lowest BCUT2D eigenvalue weighted by atomic mass is 10.1. The van der Waals surface area contributed by atoms with Crippen molar-refractivity contribution >= 4 is 23.4 Å². The number of fused-ring (bicyclic) bond motifs is 3. The maximum atomic E-state index is 13.0. The summed E-state index contributed by atoms with van der Waals surface area (Å²) in [7, 11) is 0. The third-order valence-electron chi connectivity index (χ3n) is 4.90. The molecule has 0 fully saturated rings. The van der Waals surface area contributed by atoms with Gasteiger partial charge in [-0.25, -0.2) is 0 Å². The largest absolute Gasteiger partial charge is 0.447 e. The molecule has 2 heterocycles. The summed E-state index contributed by atoms with van der Waals surface area (Å²) in [6, 6.07) is 17.4. The van der Waals surface area contributed by atoms with Gasteiger partial charge in [-0.15, -0.1) is 10.2 Å². The third-order valence-corrected chi connectivity index (χ3v) is 5.82. The maximum Gasteiger partial charge on any atom is 0.247 e. The lowest BCUT2D eigenvalue weighted by Crippen LogP contribution is -2.37. The van der Waals surface area contributed by atoms with Gasteiger partial charge in [0.05, 0.1) is 5.69 Å². The van der Waals surface area contributed by atoms with Gasteiger partial charge in [-0.2, -0.15) is 4.98 Å². The molecule has 1 aliphatic rings. The van der Waals surface area contributed by atoms with Gasteiger partial charge in [0.15, 0.2) is 5.69 Å². The van der Waals surface area contributed by atoms with E-state index < -0.39 is 6.23 Å². The minimum atomic E-state index is -0.633. The van der Waals surface area contributed by atoms with E-state index in [2.05, 4.69) is 22.1 Å². The summed E-state index contributed by atoms with van der Waals surface area (Å²) in [4.78, 5) is 19.4. The highest BCUT2D eigenvalue weighted by Gasteiger charge is 2.35. The van der Waals surface area contributed by atoms with Crippen molar-refractivity contribution in [3.63, 3.8) is 0 Å². The quantitative estimate of drug-likeness (QED) is 0.400. The van der Waals surface area contributed by atoms with E-state index in [0.717, 1.165) is 35.4 Å². The molecule has 1 aliphatic heterocycles. The minimum Gasteiger partial charge on any atom is -0.447 e. The van der Waals surface area contributed by atoms with Gasteiger partial charge in [0.1, 0.15) is 0 Å². The Bertz CT molecular complexity index is 1030. The number of ether oxygens (including phenoxy) is 1. The van der Waals surface area contributed by atoms with Gasteiger partial charge in [-0.3, -0.25) is 9.69 Å². The summed E-state index contributed by atoms with van der Waals surface area (Å²) in [5, 5.41) is 9.35. The fraction of sp³-hybridized carbons (Fsp3) is 0.304. The van der Waals surface area contributed by atoms with Crippen molar-refractivity contribution in [1.82, 2.24) is 15.2 Å². The molecule has 3 aromatic rings. The number of hydrogen-bond donors (Lipinski definition) is 0. The molecule has 4 rings (SSSR count). The fourth-order valence-corrected chi connectivity index (χ4v) is 4.22. The molecule has 0 saturated heterocycles. The van der Waals surface area contributed by atoms with Crippen molar-refractivity contribution in [3.8, 4) is 17.1 Å². The summed E-state index contributed by atoms with van der Waals surface area (Å²) in [5.41, 5.74) is 2.97. The van der Waals surface area contributed by atoms with Crippen LogP contribution in [0.4, 0.5) is 5.69 Å². The fourth-order valence-electron chi connectivity index (χ4n) is 3.36. The Hall–Kier alpha value is -2.93. The van der Waals surface area contributed by atoms with Gasteiger partial charge in [0, 0.05) is 23.3 Å². The Morgan fingerprint density at radius 3 is 2.60 bits per heavy atom. The van der Waals surface area contributed by atoms with E-state index in [1.807, 2.05) is 61.5 Å². The number of thioether (sulfide) groups is 1. The first-order chi connectivity index (χ1) is 14.7. The van der Waals surface area contributed by atoms with E-state index in [-0.39, 0.29) is 5.91 Å². The highest BCUT2D eigenvalue weighted by molar-refractivity contribution is 7.99. The molecule has 1 amide bonds. The number of hydrogen-bond acceptors (Lipinski definition) is 6. The topological polar surface area (TPSA) is 68.2 Å². The lowest BCUT2D eigenvalue weighted by Gasteiger charge is -2.30. The molecule has 0 aliphatic carbocycles. The molecule has 0 saturated carbocycles. The summed E-state index contributed by atoms with van der Waals surface area (Å²) in [6.07, 6.45) is 1.92. The molecule has 7 heteroatoms. The van der Waals surface area contributed by atoms with Crippen molar-refractivity contribution in [2.45, 2.75) is 44.5 Å². The van der Waals surface area contributed by atoms with Crippen LogP contribution in [-0.2, 0) is 4.79 Å². The lowest BCUT2D eigenvalue weighted by molar-refractivity contribution is -0.120. The number of nitrogens with zero attached hydrogens (tertiary/aromatic N) is 4. The predicted octanol–water partition coefficient (Wildman–Crippen LogP) is 5.27. The minimum absolute atomic E-state index is 0.0328. The van der Waals surface area contributed by atoms with Crippen molar-refractivity contribution in [3.05, 3.63) is 60.2 Å². The first-order valence-electron chi connectivity index (χ1n) is 10.2. The van der Waals surface area contributed by atoms with Crippen molar-refractivity contribution in [2.75, 3.05) is 10.7 Å².